The zero-order valence-corrected chi connectivity index (χ0v) is 11.9. The van der Waals surface area contributed by atoms with E-state index in [0.717, 1.165) is 11.3 Å². The highest BCUT2D eigenvalue weighted by Gasteiger charge is 2.18. The minimum absolute atomic E-state index is 0.236. The highest BCUT2D eigenvalue weighted by Crippen LogP contribution is 2.27. The Bertz CT molecular complexity index is 634. The molecule has 0 fully saturated rings. The van der Waals surface area contributed by atoms with Crippen molar-refractivity contribution in [3.05, 3.63) is 45.2 Å². The molecule has 6 heteroatoms. The molecule has 0 saturated carbocycles. The van der Waals surface area contributed by atoms with E-state index < -0.39 is 5.24 Å². The van der Waals surface area contributed by atoms with Crippen LogP contribution in [0.1, 0.15) is 21.7 Å². The molecule has 0 amide bonds. The Morgan fingerprint density at radius 2 is 1.94 bits per heavy atom. The third-order valence-electron chi connectivity index (χ3n) is 2.74. The lowest BCUT2D eigenvalue weighted by Crippen LogP contribution is -2.01. The maximum absolute atomic E-state index is 11.2. The first-order valence-electron chi connectivity index (χ1n) is 5.13. The van der Waals surface area contributed by atoms with Crippen LogP contribution >= 0.6 is 34.8 Å². The van der Waals surface area contributed by atoms with E-state index in [4.69, 9.17) is 34.8 Å². The molecule has 0 atom stereocenters. The minimum atomic E-state index is -0.584. The number of carbonyl (C=O) groups excluding carboxylic acids is 1. The summed E-state index contributed by atoms with van der Waals surface area (Å²) >= 11 is 17.4. The van der Waals surface area contributed by atoms with Crippen LogP contribution in [0.25, 0.3) is 5.69 Å². The lowest BCUT2D eigenvalue weighted by Gasteiger charge is -2.07. The molecule has 0 aliphatic rings. The number of rotatable bonds is 2. The first-order valence-corrected chi connectivity index (χ1v) is 6.26. The van der Waals surface area contributed by atoms with Gasteiger partial charge in [0.1, 0.15) is 5.69 Å². The summed E-state index contributed by atoms with van der Waals surface area (Å²) in [6.45, 7) is 3.63. The van der Waals surface area contributed by atoms with E-state index >= 15 is 0 Å². The van der Waals surface area contributed by atoms with E-state index in [0.29, 0.717) is 15.7 Å². The predicted molar refractivity (Wildman–Crippen MR) is 73.2 cm³/mol. The fourth-order valence-electron chi connectivity index (χ4n) is 1.65. The molecular formula is C12H9Cl3N2O. The first kappa shape index (κ1) is 13.4. The molecule has 0 bridgehead atoms. The number of aromatic nitrogens is 2. The van der Waals surface area contributed by atoms with Gasteiger partial charge in [0, 0.05) is 16.3 Å². The Morgan fingerprint density at radius 1 is 1.28 bits per heavy atom. The normalized spacial score (nSPS) is 10.7. The Kier molecular flexibility index (Phi) is 3.66. The van der Waals surface area contributed by atoms with Gasteiger partial charge < -0.3 is 0 Å². The largest absolute Gasteiger partial charge is 0.274 e. The van der Waals surface area contributed by atoms with Crippen molar-refractivity contribution >= 4 is 40.0 Å². The fraction of sp³-hybridized carbons (Fsp3) is 0.167. The number of halogens is 3. The molecule has 0 saturated heterocycles. The summed E-state index contributed by atoms with van der Waals surface area (Å²) < 4.78 is 1.59. The van der Waals surface area contributed by atoms with Crippen molar-refractivity contribution in [1.29, 1.82) is 0 Å². The van der Waals surface area contributed by atoms with Gasteiger partial charge in [0.2, 0.25) is 0 Å². The molecule has 94 valence electrons. The van der Waals surface area contributed by atoms with E-state index in [2.05, 4.69) is 5.10 Å². The summed E-state index contributed by atoms with van der Waals surface area (Å²) in [7, 11) is 0. The molecule has 0 N–H and O–H groups in total. The number of carbonyl (C=O) groups is 1. The molecule has 18 heavy (non-hydrogen) atoms. The standard InChI is InChI=1S/C12H9Cl3N2O/c1-6-7(2)17(16-11(6)12(15)18)10-4-3-8(13)5-9(10)14/h3-5H,1-2H3. The van der Waals surface area contributed by atoms with Gasteiger partial charge in [-0.15, -0.1) is 0 Å². The monoisotopic (exact) mass is 302 g/mol. The Morgan fingerprint density at radius 3 is 2.44 bits per heavy atom. The molecule has 2 aromatic rings. The van der Waals surface area contributed by atoms with E-state index in [1.54, 1.807) is 29.8 Å². The summed E-state index contributed by atoms with van der Waals surface area (Å²) in [5.41, 5.74) is 2.44. The van der Waals surface area contributed by atoms with Gasteiger partial charge in [-0.05, 0) is 43.6 Å². The molecule has 2 rings (SSSR count). The van der Waals surface area contributed by atoms with E-state index in [-0.39, 0.29) is 5.69 Å². The van der Waals surface area contributed by atoms with Crippen LogP contribution < -0.4 is 0 Å². The van der Waals surface area contributed by atoms with Crippen molar-refractivity contribution in [3.8, 4) is 5.69 Å². The van der Waals surface area contributed by atoms with Crippen LogP contribution in [0.3, 0.4) is 0 Å². The second-order valence-electron chi connectivity index (χ2n) is 3.84. The quantitative estimate of drug-likeness (QED) is 0.780. The van der Waals surface area contributed by atoms with Crippen LogP contribution in [0, 0.1) is 13.8 Å². The van der Waals surface area contributed by atoms with Gasteiger partial charge in [0.25, 0.3) is 5.24 Å². The smallest absolute Gasteiger partial charge is 0.273 e. The molecule has 1 heterocycles. The average Bonchev–Trinajstić information content (AvgIpc) is 2.57. The SMILES string of the molecule is Cc1c(C(=O)Cl)nn(-c2ccc(Cl)cc2Cl)c1C. The average molecular weight is 304 g/mol. The number of benzene rings is 1. The Labute approximate surface area is 119 Å². The van der Waals surface area contributed by atoms with Gasteiger partial charge in [-0.1, -0.05) is 23.2 Å². The highest BCUT2D eigenvalue weighted by atomic mass is 35.5. The zero-order valence-electron chi connectivity index (χ0n) is 9.67. The minimum Gasteiger partial charge on any atom is -0.274 e. The van der Waals surface area contributed by atoms with Gasteiger partial charge >= 0.3 is 0 Å². The molecule has 0 radical (unpaired) electrons. The molecule has 0 spiro atoms. The van der Waals surface area contributed by atoms with Gasteiger partial charge in [0.15, 0.2) is 0 Å². The van der Waals surface area contributed by atoms with E-state index in [1.165, 1.54) is 0 Å². The number of nitrogens with zero attached hydrogens (tertiary/aromatic N) is 2. The van der Waals surface area contributed by atoms with Crippen molar-refractivity contribution < 1.29 is 4.79 Å². The van der Waals surface area contributed by atoms with E-state index in [9.17, 15) is 4.79 Å². The number of hydrogen-bond donors (Lipinski definition) is 0. The zero-order chi connectivity index (χ0) is 13.4. The molecule has 1 aromatic heterocycles. The summed E-state index contributed by atoms with van der Waals surface area (Å²) in [6.07, 6.45) is 0. The summed E-state index contributed by atoms with van der Waals surface area (Å²) in [5, 5.41) is 4.59. The summed E-state index contributed by atoms with van der Waals surface area (Å²) in [6, 6.07) is 5.07. The van der Waals surface area contributed by atoms with Crippen molar-refractivity contribution in [3.63, 3.8) is 0 Å². The third kappa shape index (κ3) is 2.26. The number of hydrogen-bond acceptors (Lipinski definition) is 2. The first-order chi connectivity index (χ1) is 8.41. The van der Waals surface area contributed by atoms with Gasteiger partial charge in [-0.25, -0.2) is 4.68 Å². The van der Waals surface area contributed by atoms with Gasteiger partial charge in [0.05, 0.1) is 10.7 Å². The molecule has 3 nitrogen and oxygen atoms in total. The lowest BCUT2D eigenvalue weighted by molar-refractivity contribution is 0.107. The molecular weight excluding hydrogens is 295 g/mol. The van der Waals surface area contributed by atoms with Crippen molar-refractivity contribution in [2.24, 2.45) is 0 Å². The van der Waals surface area contributed by atoms with Crippen LogP contribution in [0.2, 0.25) is 10.0 Å². The van der Waals surface area contributed by atoms with Crippen molar-refractivity contribution in [2.45, 2.75) is 13.8 Å². The fourth-order valence-corrected chi connectivity index (χ4v) is 2.32. The second kappa shape index (κ2) is 4.92. The van der Waals surface area contributed by atoms with Gasteiger partial charge in [-0.2, -0.15) is 5.10 Å². The molecule has 1 aromatic carbocycles. The third-order valence-corrected chi connectivity index (χ3v) is 3.46. The maximum atomic E-state index is 11.2. The summed E-state index contributed by atoms with van der Waals surface area (Å²) in [5.74, 6) is 0. The van der Waals surface area contributed by atoms with Gasteiger partial charge in [-0.3, -0.25) is 4.79 Å². The van der Waals surface area contributed by atoms with Crippen LogP contribution in [0.5, 0.6) is 0 Å². The van der Waals surface area contributed by atoms with Crippen molar-refractivity contribution in [2.75, 3.05) is 0 Å². The summed E-state index contributed by atoms with van der Waals surface area (Å²) in [4.78, 5) is 11.2. The van der Waals surface area contributed by atoms with Crippen LogP contribution in [0.4, 0.5) is 0 Å². The molecule has 0 aliphatic heterocycles. The van der Waals surface area contributed by atoms with Crippen LogP contribution in [-0.4, -0.2) is 15.0 Å². The molecule has 0 unspecified atom stereocenters. The van der Waals surface area contributed by atoms with Crippen LogP contribution in [0.15, 0.2) is 18.2 Å². The van der Waals surface area contributed by atoms with Crippen molar-refractivity contribution in [1.82, 2.24) is 9.78 Å². The van der Waals surface area contributed by atoms with Crippen LogP contribution in [-0.2, 0) is 0 Å². The second-order valence-corrected chi connectivity index (χ2v) is 5.03. The Balaban J connectivity index is 2.64. The topological polar surface area (TPSA) is 34.9 Å². The lowest BCUT2D eigenvalue weighted by atomic mass is 10.2. The Hall–Kier alpha value is -1.03. The predicted octanol–water partition coefficient (Wildman–Crippen LogP) is 4.17. The maximum Gasteiger partial charge on any atom is 0.273 e. The highest BCUT2D eigenvalue weighted by molar-refractivity contribution is 6.67. The van der Waals surface area contributed by atoms with E-state index in [1.807, 2.05) is 6.92 Å². The molecule has 0 aliphatic carbocycles.